The summed E-state index contributed by atoms with van der Waals surface area (Å²) in [6.07, 6.45) is 1.16. The number of aromatic amines is 1. The van der Waals surface area contributed by atoms with Crippen LogP contribution >= 0.6 is 23.1 Å². The predicted octanol–water partition coefficient (Wildman–Crippen LogP) is 2.09. The van der Waals surface area contributed by atoms with Crippen LogP contribution in [0.25, 0.3) is 5.69 Å². The zero-order chi connectivity index (χ0) is 18.0. The Hall–Kier alpha value is -2.86. The van der Waals surface area contributed by atoms with Crippen molar-refractivity contribution in [1.29, 1.82) is 0 Å². The summed E-state index contributed by atoms with van der Waals surface area (Å²) in [6, 6.07) is 4.99. The summed E-state index contributed by atoms with van der Waals surface area (Å²) < 4.78 is 12.2. The van der Waals surface area contributed by atoms with E-state index in [2.05, 4.69) is 15.2 Å². The zero-order valence-corrected chi connectivity index (χ0v) is 14.6. The molecule has 0 aliphatic carbocycles. The van der Waals surface area contributed by atoms with E-state index >= 15 is 0 Å². The minimum Gasteiger partial charge on any atom is -0.497 e. The van der Waals surface area contributed by atoms with Gasteiger partial charge >= 0.3 is 10.7 Å². The highest BCUT2D eigenvalue weighted by molar-refractivity contribution is 8.00. The van der Waals surface area contributed by atoms with Crippen molar-refractivity contribution in [3.8, 4) is 17.2 Å². The molecule has 0 spiro atoms. The van der Waals surface area contributed by atoms with Gasteiger partial charge in [0.15, 0.2) is 4.34 Å². The van der Waals surface area contributed by atoms with Crippen LogP contribution in [0.1, 0.15) is 0 Å². The topological polar surface area (TPSA) is 125 Å². The first-order valence-corrected chi connectivity index (χ1v) is 8.34. The van der Waals surface area contributed by atoms with E-state index in [4.69, 9.17) is 9.47 Å². The largest absolute Gasteiger partial charge is 0.497 e. The first kappa shape index (κ1) is 17.0. The van der Waals surface area contributed by atoms with Crippen LogP contribution in [0.2, 0.25) is 0 Å². The second kappa shape index (κ2) is 6.94. The molecule has 2 aromatic heterocycles. The van der Waals surface area contributed by atoms with Crippen LogP contribution < -0.4 is 15.2 Å². The van der Waals surface area contributed by atoms with Crippen LogP contribution in [-0.4, -0.2) is 38.9 Å². The first-order chi connectivity index (χ1) is 12.0. The Morgan fingerprint density at radius 1 is 1.36 bits per heavy atom. The lowest BCUT2D eigenvalue weighted by Gasteiger charge is -2.11. The second-order valence-corrected chi connectivity index (χ2v) is 6.73. The van der Waals surface area contributed by atoms with Crippen molar-refractivity contribution in [1.82, 2.24) is 19.7 Å². The lowest BCUT2D eigenvalue weighted by Crippen LogP contribution is -2.16. The van der Waals surface area contributed by atoms with E-state index < -0.39 is 10.6 Å². The van der Waals surface area contributed by atoms with Gasteiger partial charge < -0.3 is 9.47 Å². The number of hydrogen-bond donors (Lipinski definition) is 1. The van der Waals surface area contributed by atoms with E-state index in [0.717, 1.165) is 29.3 Å². The summed E-state index contributed by atoms with van der Waals surface area (Å²) in [5.41, 5.74) is -0.0609. The number of methoxy groups -OCH3 is 2. The lowest BCUT2D eigenvalue weighted by molar-refractivity contribution is -0.380. The van der Waals surface area contributed by atoms with Gasteiger partial charge in [0, 0.05) is 6.07 Å². The van der Waals surface area contributed by atoms with Crippen LogP contribution in [0, 0.1) is 10.1 Å². The smallest absolute Gasteiger partial charge is 0.348 e. The van der Waals surface area contributed by atoms with Gasteiger partial charge in [0.1, 0.15) is 17.7 Å². The molecule has 25 heavy (non-hydrogen) atoms. The average Bonchev–Trinajstić information content (AvgIpc) is 3.22. The second-order valence-electron chi connectivity index (χ2n) is 4.51. The van der Waals surface area contributed by atoms with Gasteiger partial charge in [-0.2, -0.15) is 0 Å². The molecule has 0 atom stereocenters. The fourth-order valence-corrected chi connectivity index (χ4v) is 3.73. The van der Waals surface area contributed by atoms with Gasteiger partial charge in [-0.1, -0.05) is 0 Å². The Balaban J connectivity index is 2.05. The number of rotatable bonds is 6. The third-order valence-corrected chi connectivity index (χ3v) is 5.08. The summed E-state index contributed by atoms with van der Waals surface area (Å²) in [5.74, 6) is 0.973. The number of nitrogens with one attached hydrogen (secondary N) is 1. The highest BCUT2D eigenvalue weighted by Crippen LogP contribution is 2.35. The molecular formula is C13H11N5O5S2. The van der Waals surface area contributed by atoms with Crippen LogP contribution in [0.4, 0.5) is 5.00 Å². The molecule has 0 fully saturated rings. The maximum Gasteiger partial charge on any atom is 0.348 e. The van der Waals surface area contributed by atoms with Crippen molar-refractivity contribution >= 4 is 28.1 Å². The Morgan fingerprint density at radius 3 is 2.80 bits per heavy atom. The number of H-pyrrole nitrogens is 1. The van der Waals surface area contributed by atoms with Crippen molar-refractivity contribution in [3.63, 3.8) is 0 Å². The standard InChI is InChI=1S/C13H11N5O5S2/c1-22-7-3-4-9(23-2)8(5-7)17-11(19)15-16-12(17)25-13-14-6-10(24-13)18(20)21/h3-6H,1-2H3,(H,15,19). The van der Waals surface area contributed by atoms with Crippen molar-refractivity contribution in [2.24, 2.45) is 0 Å². The maximum atomic E-state index is 12.2. The van der Waals surface area contributed by atoms with E-state index in [1.165, 1.54) is 18.8 Å². The van der Waals surface area contributed by atoms with Gasteiger partial charge in [-0.3, -0.25) is 10.1 Å². The van der Waals surface area contributed by atoms with Crippen LogP contribution in [0.15, 0.2) is 38.7 Å². The molecule has 3 rings (SSSR count). The van der Waals surface area contributed by atoms with Crippen LogP contribution in [0.5, 0.6) is 11.5 Å². The summed E-state index contributed by atoms with van der Waals surface area (Å²) in [6.45, 7) is 0. The molecule has 0 aliphatic heterocycles. The number of aromatic nitrogens is 4. The zero-order valence-electron chi connectivity index (χ0n) is 13.0. The third kappa shape index (κ3) is 3.34. The Morgan fingerprint density at radius 2 is 2.16 bits per heavy atom. The van der Waals surface area contributed by atoms with Gasteiger partial charge in [-0.25, -0.2) is 19.4 Å². The molecule has 0 unspecified atom stereocenters. The molecule has 0 bridgehead atoms. The number of thiazole rings is 1. The molecule has 0 saturated carbocycles. The van der Waals surface area contributed by atoms with Gasteiger partial charge in [0.25, 0.3) is 0 Å². The molecule has 1 aromatic carbocycles. The summed E-state index contributed by atoms with van der Waals surface area (Å²) >= 11 is 1.92. The number of benzene rings is 1. The molecule has 0 aliphatic rings. The quantitative estimate of drug-likeness (QED) is 0.508. The van der Waals surface area contributed by atoms with Crippen molar-refractivity contribution in [2.75, 3.05) is 14.2 Å². The Labute approximate surface area is 148 Å². The van der Waals surface area contributed by atoms with E-state index in [1.807, 2.05) is 0 Å². The van der Waals surface area contributed by atoms with Gasteiger partial charge in [-0.05, 0) is 35.2 Å². The van der Waals surface area contributed by atoms with Gasteiger partial charge in [-0.15, -0.1) is 5.10 Å². The predicted molar refractivity (Wildman–Crippen MR) is 90.2 cm³/mol. The molecule has 0 amide bonds. The highest BCUT2D eigenvalue weighted by atomic mass is 32.2. The number of nitrogens with zero attached hydrogens (tertiary/aromatic N) is 4. The fraction of sp³-hybridized carbons (Fsp3) is 0.154. The van der Waals surface area contributed by atoms with Gasteiger partial charge in [0.2, 0.25) is 5.16 Å². The van der Waals surface area contributed by atoms with E-state index in [9.17, 15) is 14.9 Å². The molecule has 12 heteroatoms. The third-order valence-electron chi connectivity index (χ3n) is 3.10. The van der Waals surface area contributed by atoms with Gasteiger partial charge in [0.05, 0.1) is 24.8 Å². The number of nitro groups is 1. The Bertz CT molecular complexity index is 979. The SMILES string of the molecule is COc1ccc(OC)c(-n2c(Sc3ncc([N+](=O)[O-])s3)n[nH]c2=O)c1. The molecule has 10 nitrogen and oxygen atoms in total. The van der Waals surface area contributed by atoms with Crippen LogP contribution in [0.3, 0.4) is 0 Å². The van der Waals surface area contributed by atoms with Crippen molar-refractivity contribution in [2.45, 2.75) is 9.50 Å². The van der Waals surface area contributed by atoms with E-state index in [0.29, 0.717) is 21.5 Å². The minimum absolute atomic E-state index is 0.0918. The minimum atomic E-state index is -0.523. The highest BCUT2D eigenvalue weighted by Gasteiger charge is 2.19. The molecule has 130 valence electrons. The molecular weight excluding hydrogens is 370 g/mol. The molecule has 0 saturated heterocycles. The summed E-state index contributed by atoms with van der Waals surface area (Å²) in [4.78, 5) is 26.4. The summed E-state index contributed by atoms with van der Waals surface area (Å²) in [5, 5.41) is 17.3. The monoisotopic (exact) mass is 381 g/mol. The molecule has 0 radical (unpaired) electrons. The Kier molecular flexibility index (Phi) is 4.72. The number of hydrogen-bond acceptors (Lipinski definition) is 9. The molecule has 2 heterocycles. The fourth-order valence-electron chi connectivity index (χ4n) is 1.99. The van der Waals surface area contributed by atoms with E-state index in [-0.39, 0.29) is 10.2 Å². The van der Waals surface area contributed by atoms with E-state index in [1.54, 1.807) is 18.2 Å². The molecule has 3 aromatic rings. The summed E-state index contributed by atoms with van der Waals surface area (Å²) in [7, 11) is 2.99. The maximum absolute atomic E-state index is 12.2. The number of ether oxygens (including phenoxy) is 2. The molecule has 1 N–H and O–H groups in total. The van der Waals surface area contributed by atoms with Crippen LogP contribution in [-0.2, 0) is 0 Å². The van der Waals surface area contributed by atoms with Crippen molar-refractivity contribution < 1.29 is 14.4 Å². The normalized spacial score (nSPS) is 10.6. The first-order valence-electron chi connectivity index (χ1n) is 6.71. The van der Waals surface area contributed by atoms with Crippen molar-refractivity contribution in [3.05, 3.63) is 45.0 Å². The average molecular weight is 381 g/mol. The lowest BCUT2D eigenvalue weighted by atomic mass is 10.2.